The van der Waals surface area contributed by atoms with Crippen molar-refractivity contribution >= 4 is 17.7 Å². The maximum Gasteiger partial charge on any atom is 0.191 e. The normalized spacial score (nSPS) is 12.9. The van der Waals surface area contributed by atoms with E-state index in [1.54, 1.807) is 0 Å². The quantitative estimate of drug-likeness (QED) is 0.339. The Morgan fingerprint density at radius 1 is 1.23 bits per heavy atom. The highest BCUT2D eigenvalue weighted by atomic mass is 32.2. The fourth-order valence-corrected chi connectivity index (χ4v) is 3.64. The number of hydrogen-bond acceptors (Lipinski definition) is 3. The summed E-state index contributed by atoms with van der Waals surface area (Å²) in [7, 11) is 3.81. The van der Waals surface area contributed by atoms with Crippen LogP contribution in [0.2, 0.25) is 0 Å². The summed E-state index contributed by atoms with van der Waals surface area (Å²) >= 11 is 1.85. The van der Waals surface area contributed by atoms with E-state index < -0.39 is 0 Å². The molecule has 1 unspecified atom stereocenters. The summed E-state index contributed by atoms with van der Waals surface area (Å²) in [6.07, 6.45) is 0.935. The molecule has 2 rings (SSSR count). The van der Waals surface area contributed by atoms with Crippen LogP contribution < -0.4 is 10.6 Å². The molecule has 0 spiro atoms. The molecular formula is C20H31N5S. The van der Waals surface area contributed by atoms with Gasteiger partial charge in [-0.3, -0.25) is 9.67 Å². The van der Waals surface area contributed by atoms with Gasteiger partial charge in [0.25, 0.3) is 0 Å². The zero-order valence-corrected chi connectivity index (χ0v) is 17.6. The standard InChI is InChI=1S/C20H31N5S/c1-14-7-9-18(10-8-14)26-12-11-22-20(21-5)23-15(2)13-19-16(3)24-25(6)17(19)4/h7-10,15H,11-13H2,1-6H3,(H2,21,22,23). The Bertz CT molecular complexity index is 733. The number of rotatable bonds is 7. The summed E-state index contributed by atoms with van der Waals surface area (Å²) < 4.78 is 1.95. The number of guanidine groups is 1. The van der Waals surface area contributed by atoms with E-state index in [0.29, 0.717) is 0 Å². The topological polar surface area (TPSA) is 54.2 Å². The average Bonchev–Trinajstić information content (AvgIpc) is 2.85. The molecule has 1 heterocycles. The third-order valence-electron chi connectivity index (χ3n) is 4.46. The number of benzene rings is 1. The van der Waals surface area contributed by atoms with Crippen LogP contribution in [0.15, 0.2) is 34.2 Å². The zero-order chi connectivity index (χ0) is 19.1. The first-order valence-corrected chi connectivity index (χ1v) is 10.0. The largest absolute Gasteiger partial charge is 0.356 e. The molecule has 0 saturated heterocycles. The first-order valence-electron chi connectivity index (χ1n) is 9.06. The number of hydrogen-bond donors (Lipinski definition) is 2. The maximum atomic E-state index is 4.50. The Morgan fingerprint density at radius 3 is 2.50 bits per heavy atom. The highest BCUT2D eigenvalue weighted by Crippen LogP contribution is 2.17. The van der Waals surface area contributed by atoms with Crippen LogP contribution in [-0.4, -0.2) is 41.1 Å². The molecule has 0 bridgehead atoms. The number of nitrogens with zero attached hydrogens (tertiary/aromatic N) is 3. The minimum atomic E-state index is 0.285. The highest BCUT2D eigenvalue weighted by Gasteiger charge is 2.13. The van der Waals surface area contributed by atoms with Crippen LogP contribution in [0.1, 0.15) is 29.4 Å². The van der Waals surface area contributed by atoms with Crippen molar-refractivity contribution in [2.45, 2.75) is 45.1 Å². The second-order valence-corrected chi connectivity index (χ2v) is 7.85. The minimum absolute atomic E-state index is 0.285. The first-order chi connectivity index (χ1) is 12.4. The highest BCUT2D eigenvalue weighted by molar-refractivity contribution is 7.99. The molecule has 5 nitrogen and oxygen atoms in total. The lowest BCUT2D eigenvalue weighted by atomic mass is 10.1. The van der Waals surface area contributed by atoms with Gasteiger partial charge in [0.05, 0.1) is 5.69 Å². The summed E-state index contributed by atoms with van der Waals surface area (Å²) in [6.45, 7) is 9.36. The number of aryl methyl sites for hydroxylation is 3. The van der Waals surface area contributed by atoms with E-state index in [4.69, 9.17) is 0 Å². The van der Waals surface area contributed by atoms with Crippen molar-refractivity contribution < 1.29 is 0 Å². The monoisotopic (exact) mass is 373 g/mol. The van der Waals surface area contributed by atoms with Gasteiger partial charge in [0.2, 0.25) is 0 Å². The molecule has 1 aromatic heterocycles. The number of thioether (sulfide) groups is 1. The molecule has 0 aliphatic carbocycles. The smallest absolute Gasteiger partial charge is 0.191 e. The van der Waals surface area contributed by atoms with Crippen molar-refractivity contribution in [3.8, 4) is 0 Å². The molecule has 0 aliphatic heterocycles. The minimum Gasteiger partial charge on any atom is -0.356 e. The van der Waals surface area contributed by atoms with Crippen LogP contribution in [0.3, 0.4) is 0 Å². The van der Waals surface area contributed by atoms with Gasteiger partial charge >= 0.3 is 0 Å². The van der Waals surface area contributed by atoms with E-state index >= 15 is 0 Å². The Morgan fingerprint density at radius 2 is 1.92 bits per heavy atom. The van der Waals surface area contributed by atoms with E-state index in [-0.39, 0.29) is 6.04 Å². The van der Waals surface area contributed by atoms with Gasteiger partial charge in [0.1, 0.15) is 0 Å². The molecular weight excluding hydrogens is 342 g/mol. The Labute approximate surface area is 161 Å². The molecule has 1 aromatic carbocycles. The van der Waals surface area contributed by atoms with Crippen molar-refractivity contribution in [1.29, 1.82) is 0 Å². The van der Waals surface area contributed by atoms with Crippen LogP contribution in [-0.2, 0) is 13.5 Å². The first kappa shape index (κ1) is 20.4. The van der Waals surface area contributed by atoms with Gasteiger partial charge in [-0.05, 0) is 51.8 Å². The van der Waals surface area contributed by atoms with Gasteiger partial charge in [-0.15, -0.1) is 11.8 Å². The van der Waals surface area contributed by atoms with Crippen molar-refractivity contribution in [1.82, 2.24) is 20.4 Å². The van der Waals surface area contributed by atoms with Crippen molar-refractivity contribution in [2.24, 2.45) is 12.0 Å². The van der Waals surface area contributed by atoms with Crippen molar-refractivity contribution in [3.05, 3.63) is 46.8 Å². The summed E-state index contributed by atoms with van der Waals surface area (Å²) in [4.78, 5) is 5.64. The molecule has 2 N–H and O–H groups in total. The second kappa shape index (κ2) is 9.67. The van der Waals surface area contributed by atoms with E-state index in [0.717, 1.165) is 30.4 Å². The van der Waals surface area contributed by atoms with Gasteiger partial charge in [-0.2, -0.15) is 5.10 Å². The molecule has 26 heavy (non-hydrogen) atoms. The van der Waals surface area contributed by atoms with Crippen LogP contribution in [0.25, 0.3) is 0 Å². The van der Waals surface area contributed by atoms with Crippen LogP contribution in [0.4, 0.5) is 0 Å². The number of aliphatic imine (C=N–C) groups is 1. The summed E-state index contributed by atoms with van der Waals surface area (Å²) in [5.74, 6) is 1.85. The second-order valence-electron chi connectivity index (χ2n) is 6.68. The molecule has 1 atom stereocenters. The van der Waals surface area contributed by atoms with Crippen molar-refractivity contribution in [3.63, 3.8) is 0 Å². The SMILES string of the molecule is CN=C(NCCSc1ccc(C)cc1)NC(C)Cc1c(C)nn(C)c1C. The lowest BCUT2D eigenvalue weighted by Gasteiger charge is -2.18. The van der Waals surface area contributed by atoms with E-state index in [2.05, 4.69) is 72.7 Å². The Kier molecular flexibility index (Phi) is 7.57. The molecule has 0 amide bonds. The molecule has 0 radical (unpaired) electrons. The lowest BCUT2D eigenvalue weighted by Crippen LogP contribution is -2.43. The third-order valence-corrected chi connectivity index (χ3v) is 5.47. The van der Waals surface area contributed by atoms with Gasteiger partial charge in [0.15, 0.2) is 5.96 Å². The molecule has 0 saturated carbocycles. The maximum absolute atomic E-state index is 4.50. The van der Waals surface area contributed by atoms with E-state index in [1.807, 2.05) is 30.5 Å². The third kappa shape index (κ3) is 5.80. The van der Waals surface area contributed by atoms with E-state index in [1.165, 1.54) is 21.7 Å². The fourth-order valence-electron chi connectivity index (χ4n) is 2.87. The molecule has 142 valence electrons. The van der Waals surface area contributed by atoms with Gasteiger partial charge in [-0.1, -0.05) is 17.7 Å². The Balaban J connectivity index is 1.77. The molecule has 6 heteroatoms. The van der Waals surface area contributed by atoms with Crippen LogP contribution >= 0.6 is 11.8 Å². The van der Waals surface area contributed by atoms with Gasteiger partial charge in [-0.25, -0.2) is 0 Å². The predicted octanol–water partition coefficient (Wildman–Crippen LogP) is 3.23. The predicted molar refractivity (Wildman–Crippen MR) is 112 cm³/mol. The Hall–Kier alpha value is -1.95. The number of nitrogens with one attached hydrogen (secondary N) is 2. The molecule has 0 fully saturated rings. The van der Waals surface area contributed by atoms with Crippen LogP contribution in [0, 0.1) is 20.8 Å². The van der Waals surface area contributed by atoms with E-state index in [9.17, 15) is 0 Å². The zero-order valence-electron chi connectivity index (χ0n) is 16.8. The van der Waals surface area contributed by atoms with Crippen LogP contribution in [0.5, 0.6) is 0 Å². The molecule has 2 aromatic rings. The summed E-state index contributed by atoms with van der Waals surface area (Å²) in [6, 6.07) is 8.94. The average molecular weight is 374 g/mol. The molecule has 0 aliphatic rings. The summed E-state index contributed by atoms with van der Waals surface area (Å²) in [5.41, 5.74) is 4.95. The number of aromatic nitrogens is 2. The fraction of sp³-hybridized carbons (Fsp3) is 0.500. The van der Waals surface area contributed by atoms with Gasteiger partial charge < -0.3 is 10.6 Å². The summed E-state index contributed by atoms with van der Waals surface area (Å²) in [5, 5.41) is 11.4. The van der Waals surface area contributed by atoms with Crippen molar-refractivity contribution in [2.75, 3.05) is 19.3 Å². The van der Waals surface area contributed by atoms with Gasteiger partial charge in [0, 0.05) is 43.0 Å². The lowest BCUT2D eigenvalue weighted by molar-refractivity contribution is 0.638.